The van der Waals surface area contributed by atoms with Crippen molar-refractivity contribution in [2.24, 2.45) is 0 Å². The van der Waals surface area contributed by atoms with Crippen LogP contribution in [0.3, 0.4) is 0 Å². The van der Waals surface area contributed by atoms with Gasteiger partial charge < -0.3 is 15.5 Å². The SMILES string of the molecule is CCC(O)CCNC(=O)CC(C)(O)c1ccccc1. The van der Waals surface area contributed by atoms with E-state index >= 15 is 0 Å². The highest BCUT2D eigenvalue weighted by Crippen LogP contribution is 2.23. The monoisotopic (exact) mass is 265 g/mol. The summed E-state index contributed by atoms with van der Waals surface area (Å²) in [5.74, 6) is -0.211. The van der Waals surface area contributed by atoms with Gasteiger partial charge in [-0.05, 0) is 25.3 Å². The van der Waals surface area contributed by atoms with E-state index < -0.39 is 5.60 Å². The quantitative estimate of drug-likeness (QED) is 0.701. The number of hydrogen-bond donors (Lipinski definition) is 3. The lowest BCUT2D eigenvalue weighted by molar-refractivity contribution is -0.125. The molecule has 19 heavy (non-hydrogen) atoms. The Morgan fingerprint density at radius 3 is 2.58 bits per heavy atom. The standard InChI is InChI=1S/C15H23NO3/c1-3-13(17)9-10-16-14(18)11-15(2,19)12-7-5-4-6-8-12/h4-8,13,17,19H,3,9-11H2,1-2H3,(H,16,18). The molecule has 0 aromatic heterocycles. The average molecular weight is 265 g/mol. The Hall–Kier alpha value is -1.39. The van der Waals surface area contributed by atoms with Gasteiger partial charge in [-0.1, -0.05) is 37.3 Å². The highest BCUT2D eigenvalue weighted by Gasteiger charge is 2.26. The minimum absolute atomic E-state index is 0.0131. The van der Waals surface area contributed by atoms with E-state index in [9.17, 15) is 15.0 Å². The smallest absolute Gasteiger partial charge is 0.223 e. The molecule has 4 heteroatoms. The van der Waals surface area contributed by atoms with Crippen molar-refractivity contribution >= 4 is 5.91 Å². The molecular formula is C15H23NO3. The molecule has 1 aromatic rings. The number of rotatable bonds is 7. The van der Waals surface area contributed by atoms with E-state index in [4.69, 9.17) is 0 Å². The minimum atomic E-state index is -1.17. The summed E-state index contributed by atoms with van der Waals surface area (Å²) in [6, 6.07) is 9.13. The van der Waals surface area contributed by atoms with Crippen LogP contribution >= 0.6 is 0 Å². The van der Waals surface area contributed by atoms with E-state index in [1.165, 1.54) is 0 Å². The minimum Gasteiger partial charge on any atom is -0.393 e. The number of carbonyl (C=O) groups excluding carboxylic acids is 1. The van der Waals surface area contributed by atoms with Crippen LogP contribution in [0.2, 0.25) is 0 Å². The summed E-state index contributed by atoms with van der Waals surface area (Å²) in [5.41, 5.74) is -0.451. The lowest BCUT2D eigenvalue weighted by atomic mass is 9.92. The summed E-state index contributed by atoms with van der Waals surface area (Å²) >= 11 is 0. The van der Waals surface area contributed by atoms with Crippen LogP contribution in [-0.4, -0.2) is 28.8 Å². The average Bonchev–Trinajstić information content (AvgIpc) is 2.39. The van der Waals surface area contributed by atoms with Gasteiger partial charge in [0, 0.05) is 6.54 Å². The number of nitrogens with one attached hydrogen (secondary N) is 1. The largest absolute Gasteiger partial charge is 0.393 e. The van der Waals surface area contributed by atoms with Crippen molar-refractivity contribution in [1.82, 2.24) is 5.32 Å². The van der Waals surface area contributed by atoms with E-state index in [1.54, 1.807) is 19.1 Å². The van der Waals surface area contributed by atoms with Gasteiger partial charge in [0.2, 0.25) is 5.91 Å². The molecule has 0 saturated carbocycles. The van der Waals surface area contributed by atoms with Crippen LogP contribution in [0.1, 0.15) is 38.7 Å². The van der Waals surface area contributed by atoms with Crippen LogP contribution in [0.5, 0.6) is 0 Å². The van der Waals surface area contributed by atoms with Gasteiger partial charge in [0.25, 0.3) is 0 Å². The molecule has 0 radical (unpaired) electrons. The topological polar surface area (TPSA) is 69.6 Å². The highest BCUT2D eigenvalue weighted by molar-refractivity contribution is 5.77. The molecule has 1 aromatic carbocycles. The lowest BCUT2D eigenvalue weighted by Crippen LogP contribution is -2.34. The van der Waals surface area contributed by atoms with Crippen molar-refractivity contribution in [3.05, 3.63) is 35.9 Å². The number of hydrogen-bond acceptors (Lipinski definition) is 3. The first kappa shape index (κ1) is 15.7. The zero-order valence-electron chi connectivity index (χ0n) is 11.6. The van der Waals surface area contributed by atoms with Gasteiger partial charge in [0.05, 0.1) is 18.1 Å². The van der Waals surface area contributed by atoms with Crippen LogP contribution in [-0.2, 0) is 10.4 Å². The molecule has 0 heterocycles. The summed E-state index contributed by atoms with van der Waals surface area (Å²) < 4.78 is 0. The highest BCUT2D eigenvalue weighted by atomic mass is 16.3. The number of aliphatic hydroxyl groups excluding tert-OH is 1. The van der Waals surface area contributed by atoms with Crippen molar-refractivity contribution in [3.8, 4) is 0 Å². The van der Waals surface area contributed by atoms with Crippen molar-refractivity contribution in [2.75, 3.05) is 6.54 Å². The summed E-state index contributed by atoms with van der Waals surface area (Å²) in [5, 5.41) is 22.4. The predicted molar refractivity (Wildman–Crippen MR) is 74.6 cm³/mol. The molecule has 0 aliphatic heterocycles. The Morgan fingerprint density at radius 2 is 2.00 bits per heavy atom. The summed E-state index contributed by atoms with van der Waals surface area (Å²) in [6.07, 6.45) is 0.849. The van der Waals surface area contributed by atoms with Crippen molar-refractivity contribution in [1.29, 1.82) is 0 Å². The van der Waals surface area contributed by atoms with E-state index in [2.05, 4.69) is 5.32 Å². The molecule has 0 aliphatic rings. The molecule has 0 bridgehead atoms. The van der Waals surface area contributed by atoms with Gasteiger partial charge in [-0.25, -0.2) is 0 Å². The van der Waals surface area contributed by atoms with E-state index in [0.717, 1.165) is 5.56 Å². The van der Waals surface area contributed by atoms with Crippen molar-refractivity contribution in [2.45, 2.75) is 44.8 Å². The zero-order valence-corrected chi connectivity index (χ0v) is 11.6. The summed E-state index contributed by atoms with van der Waals surface area (Å²) in [6.45, 7) is 3.95. The third-order valence-electron chi connectivity index (χ3n) is 3.17. The van der Waals surface area contributed by atoms with Crippen LogP contribution in [0.4, 0.5) is 0 Å². The Labute approximate surface area is 114 Å². The molecule has 0 fully saturated rings. The molecule has 0 aliphatic carbocycles. The number of amides is 1. The second kappa shape index (κ2) is 7.26. The number of aliphatic hydroxyl groups is 2. The predicted octanol–water partition coefficient (Wildman–Crippen LogP) is 1.56. The molecule has 2 unspecified atom stereocenters. The van der Waals surface area contributed by atoms with Gasteiger partial charge in [-0.15, -0.1) is 0 Å². The molecular weight excluding hydrogens is 242 g/mol. The van der Waals surface area contributed by atoms with Crippen LogP contribution in [0.15, 0.2) is 30.3 Å². The molecule has 1 rings (SSSR count). The van der Waals surface area contributed by atoms with E-state index in [0.29, 0.717) is 19.4 Å². The molecule has 3 N–H and O–H groups in total. The molecule has 1 amide bonds. The Morgan fingerprint density at radius 1 is 1.37 bits per heavy atom. The molecule has 2 atom stereocenters. The number of carbonyl (C=O) groups is 1. The maximum Gasteiger partial charge on any atom is 0.223 e. The van der Waals surface area contributed by atoms with Gasteiger partial charge in [0.15, 0.2) is 0 Å². The third kappa shape index (κ3) is 5.41. The Balaban J connectivity index is 2.43. The molecule has 0 spiro atoms. The molecule has 106 valence electrons. The fourth-order valence-corrected chi connectivity index (χ4v) is 1.86. The first-order valence-electron chi connectivity index (χ1n) is 6.68. The van der Waals surface area contributed by atoms with Crippen LogP contribution < -0.4 is 5.32 Å². The van der Waals surface area contributed by atoms with E-state index in [-0.39, 0.29) is 18.4 Å². The third-order valence-corrected chi connectivity index (χ3v) is 3.17. The van der Waals surface area contributed by atoms with Crippen LogP contribution in [0.25, 0.3) is 0 Å². The maximum absolute atomic E-state index is 11.7. The lowest BCUT2D eigenvalue weighted by Gasteiger charge is -2.23. The van der Waals surface area contributed by atoms with Gasteiger partial charge in [-0.3, -0.25) is 4.79 Å². The second-order valence-corrected chi connectivity index (χ2v) is 5.02. The fraction of sp³-hybridized carbons (Fsp3) is 0.533. The first-order chi connectivity index (χ1) is 8.95. The first-order valence-corrected chi connectivity index (χ1v) is 6.68. The van der Waals surface area contributed by atoms with Gasteiger partial charge in [0.1, 0.15) is 0 Å². The zero-order chi connectivity index (χ0) is 14.3. The van der Waals surface area contributed by atoms with Crippen molar-refractivity contribution < 1.29 is 15.0 Å². The van der Waals surface area contributed by atoms with E-state index in [1.807, 2.05) is 25.1 Å². The Bertz CT molecular complexity index is 390. The molecule has 4 nitrogen and oxygen atoms in total. The van der Waals surface area contributed by atoms with Crippen LogP contribution in [0, 0.1) is 0 Å². The second-order valence-electron chi connectivity index (χ2n) is 5.02. The maximum atomic E-state index is 11.7. The summed E-state index contributed by atoms with van der Waals surface area (Å²) in [4.78, 5) is 11.7. The molecule has 0 saturated heterocycles. The summed E-state index contributed by atoms with van der Waals surface area (Å²) in [7, 11) is 0. The van der Waals surface area contributed by atoms with Gasteiger partial charge in [-0.2, -0.15) is 0 Å². The Kier molecular flexibility index (Phi) is 5.99. The fourth-order valence-electron chi connectivity index (χ4n) is 1.86. The number of benzene rings is 1. The van der Waals surface area contributed by atoms with Gasteiger partial charge >= 0.3 is 0 Å². The van der Waals surface area contributed by atoms with Crippen molar-refractivity contribution in [3.63, 3.8) is 0 Å². The normalized spacial score (nSPS) is 15.6.